The molecule has 1 aliphatic rings. The predicted octanol–water partition coefficient (Wildman–Crippen LogP) is 7.02. The Morgan fingerprint density at radius 2 is 1.71 bits per heavy atom. The van der Waals surface area contributed by atoms with Gasteiger partial charge in [0.2, 0.25) is 0 Å². The molecule has 3 aromatic rings. The van der Waals surface area contributed by atoms with Gasteiger partial charge in [0.25, 0.3) is 5.91 Å². The second-order valence-corrected chi connectivity index (χ2v) is 9.77. The van der Waals surface area contributed by atoms with Gasteiger partial charge in [0.05, 0.1) is 10.6 Å². The molecule has 4 nitrogen and oxygen atoms in total. The molecule has 0 spiro atoms. The average molecular weight is 515 g/mol. The average Bonchev–Trinajstić information content (AvgIpc) is 3.19. The monoisotopic (exact) mass is 513 g/mol. The number of amides is 1. The van der Waals surface area contributed by atoms with Crippen LogP contribution in [0.3, 0.4) is 0 Å². The van der Waals surface area contributed by atoms with E-state index in [0.29, 0.717) is 15.1 Å². The smallest absolute Gasteiger partial charge is 0.264 e. The van der Waals surface area contributed by atoms with E-state index in [-0.39, 0.29) is 5.91 Å². The van der Waals surface area contributed by atoms with Crippen molar-refractivity contribution >= 4 is 62.1 Å². The van der Waals surface area contributed by atoms with Crippen molar-refractivity contribution < 1.29 is 4.79 Å². The number of aliphatic imine (C=N–C) groups is 1. The maximum Gasteiger partial charge on any atom is 0.264 e. The number of nitrogens with one attached hydrogen (secondary N) is 1. The first-order chi connectivity index (χ1) is 14.7. The first kappa shape index (κ1) is 21.9. The molecular formula is C24H21BrClN3OS. The molecule has 0 bridgehead atoms. The van der Waals surface area contributed by atoms with Crippen LogP contribution in [0.25, 0.3) is 11.8 Å². The summed E-state index contributed by atoms with van der Waals surface area (Å²) in [6.45, 7) is 8.16. The van der Waals surface area contributed by atoms with E-state index in [1.54, 1.807) is 0 Å². The number of aryl methyl sites for hydroxylation is 3. The number of aromatic nitrogens is 1. The van der Waals surface area contributed by atoms with Gasteiger partial charge in [-0.15, -0.1) is 0 Å². The highest BCUT2D eigenvalue weighted by atomic mass is 79.9. The molecule has 1 aromatic heterocycles. The predicted molar refractivity (Wildman–Crippen MR) is 135 cm³/mol. The molecule has 1 amide bonds. The molecule has 1 saturated heterocycles. The van der Waals surface area contributed by atoms with Crippen molar-refractivity contribution in [3.8, 4) is 5.69 Å². The summed E-state index contributed by atoms with van der Waals surface area (Å²) in [5.74, 6) is -0.134. The van der Waals surface area contributed by atoms with E-state index in [1.807, 2.05) is 63.2 Å². The van der Waals surface area contributed by atoms with Crippen molar-refractivity contribution in [2.45, 2.75) is 27.7 Å². The van der Waals surface area contributed by atoms with Gasteiger partial charge in [-0.05, 0) is 105 Å². The molecular weight excluding hydrogens is 494 g/mol. The van der Waals surface area contributed by atoms with Gasteiger partial charge >= 0.3 is 0 Å². The van der Waals surface area contributed by atoms with Crippen molar-refractivity contribution in [2.24, 2.45) is 4.99 Å². The van der Waals surface area contributed by atoms with Crippen molar-refractivity contribution in [1.82, 2.24) is 9.88 Å². The molecule has 0 saturated carbocycles. The van der Waals surface area contributed by atoms with Crippen LogP contribution >= 0.6 is 39.3 Å². The fourth-order valence-electron chi connectivity index (χ4n) is 3.65. The number of benzene rings is 2. The lowest BCUT2D eigenvalue weighted by atomic mass is 10.1. The number of carbonyl (C=O) groups is 1. The Kier molecular flexibility index (Phi) is 6.15. The summed E-state index contributed by atoms with van der Waals surface area (Å²) in [6, 6.07) is 13.8. The second kappa shape index (κ2) is 8.69. The Labute approximate surface area is 199 Å². The van der Waals surface area contributed by atoms with Crippen LogP contribution in [0.1, 0.15) is 28.1 Å². The Hall–Kier alpha value is -2.28. The number of hydrogen-bond donors (Lipinski definition) is 1. The number of hydrogen-bond acceptors (Lipinski definition) is 3. The Morgan fingerprint density at radius 1 is 1.06 bits per heavy atom. The van der Waals surface area contributed by atoms with Crippen molar-refractivity contribution in [1.29, 1.82) is 0 Å². The van der Waals surface area contributed by atoms with Crippen molar-refractivity contribution in [3.05, 3.63) is 84.9 Å². The zero-order valence-corrected chi connectivity index (χ0v) is 20.7. The number of carbonyl (C=O) groups excluding carboxylic acids is 1. The molecule has 1 fully saturated rings. The minimum absolute atomic E-state index is 0.134. The number of nitrogens with zero attached hydrogens (tertiary/aromatic N) is 2. The molecule has 158 valence electrons. The molecule has 2 heterocycles. The van der Waals surface area contributed by atoms with Gasteiger partial charge in [-0.2, -0.15) is 0 Å². The van der Waals surface area contributed by atoms with Gasteiger partial charge in [0, 0.05) is 26.6 Å². The van der Waals surface area contributed by atoms with E-state index >= 15 is 0 Å². The van der Waals surface area contributed by atoms with E-state index in [1.165, 1.54) is 11.8 Å². The van der Waals surface area contributed by atoms with Gasteiger partial charge in [0.1, 0.15) is 0 Å². The molecule has 7 heteroatoms. The maximum absolute atomic E-state index is 12.6. The summed E-state index contributed by atoms with van der Waals surface area (Å²) in [6.07, 6.45) is 1.93. The van der Waals surface area contributed by atoms with Crippen molar-refractivity contribution in [2.75, 3.05) is 0 Å². The zero-order valence-electron chi connectivity index (χ0n) is 17.6. The highest BCUT2D eigenvalue weighted by Crippen LogP contribution is 2.32. The lowest BCUT2D eigenvalue weighted by Crippen LogP contribution is -2.19. The van der Waals surface area contributed by atoms with Crippen LogP contribution in [-0.2, 0) is 4.79 Å². The molecule has 0 unspecified atom stereocenters. The summed E-state index contributed by atoms with van der Waals surface area (Å²) < 4.78 is 3.24. The van der Waals surface area contributed by atoms with Gasteiger partial charge in [-0.1, -0.05) is 27.5 Å². The third kappa shape index (κ3) is 4.52. The molecule has 0 atom stereocenters. The van der Waals surface area contributed by atoms with Gasteiger partial charge < -0.3 is 9.88 Å². The Morgan fingerprint density at radius 3 is 2.35 bits per heavy atom. The molecule has 0 aliphatic carbocycles. The second-order valence-electron chi connectivity index (χ2n) is 7.51. The number of rotatable bonds is 3. The fourth-order valence-corrected chi connectivity index (χ4v) is 4.84. The van der Waals surface area contributed by atoms with E-state index in [0.717, 1.165) is 43.9 Å². The molecule has 1 N–H and O–H groups in total. The summed E-state index contributed by atoms with van der Waals surface area (Å²) in [5, 5.41) is 4.17. The first-order valence-corrected chi connectivity index (χ1v) is 11.7. The third-order valence-corrected chi connectivity index (χ3v) is 7.56. The highest BCUT2D eigenvalue weighted by Gasteiger charge is 2.24. The fraction of sp³-hybridized carbons (Fsp3) is 0.167. The largest absolute Gasteiger partial charge is 0.318 e. The number of thioether (sulfide) groups is 1. The minimum Gasteiger partial charge on any atom is -0.318 e. The minimum atomic E-state index is -0.134. The Bertz CT molecular complexity index is 1240. The van der Waals surface area contributed by atoms with Gasteiger partial charge in [-0.3, -0.25) is 4.79 Å². The summed E-state index contributed by atoms with van der Waals surface area (Å²) in [7, 11) is 0. The van der Waals surface area contributed by atoms with Crippen LogP contribution in [0.2, 0.25) is 5.02 Å². The highest BCUT2D eigenvalue weighted by molar-refractivity contribution is 9.10. The summed E-state index contributed by atoms with van der Waals surface area (Å²) in [4.78, 5) is 17.8. The molecule has 4 rings (SSSR count). The van der Waals surface area contributed by atoms with Crippen LogP contribution in [0.4, 0.5) is 5.69 Å². The Balaban J connectivity index is 1.64. The van der Waals surface area contributed by atoms with Crippen LogP contribution in [0.15, 0.2) is 56.8 Å². The molecule has 31 heavy (non-hydrogen) atoms. The quantitative estimate of drug-likeness (QED) is 0.382. The van der Waals surface area contributed by atoms with Crippen LogP contribution in [-0.4, -0.2) is 15.6 Å². The molecule has 0 radical (unpaired) electrons. The molecule has 2 aromatic carbocycles. The van der Waals surface area contributed by atoms with Crippen LogP contribution < -0.4 is 5.32 Å². The van der Waals surface area contributed by atoms with E-state index in [9.17, 15) is 4.79 Å². The van der Waals surface area contributed by atoms with E-state index < -0.39 is 0 Å². The van der Waals surface area contributed by atoms with Crippen LogP contribution in [0.5, 0.6) is 0 Å². The SMILES string of the molecule is Cc1cc(N=C2NC(=O)/C(=C\c3cc(C)n(-c4ccc(Cl)cc4)c3C)S2)cc(C)c1Br. The topological polar surface area (TPSA) is 46.4 Å². The summed E-state index contributed by atoms with van der Waals surface area (Å²) in [5.41, 5.74) is 7.23. The number of halogens is 2. The standard InChI is InChI=1S/C24H21BrClN3OS/c1-13-9-19(10-14(2)22(13)25)27-24-28-23(30)21(31-24)12-17-11-15(3)29(16(17)4)20-7-5-18(26)6-8-20/h5-12H,1-4H3,(H,27,28,30)/b21-12+. The maximum atomic E-state index is 12.6. The third-order valence-electron chi connectivity index (χ3n) is 5.14. The molecule has 1 aliphatic heterocycles. The van der Waals surface area contributed by atoms with Crippen molar-refractivity contribution in [3.63, 3.8) is 0 Å². The normalized spacial score (nSPS) is 16.4. The zero-order chi connectivity index (χ0) is 22.3. The van der Waals surface area contributed by atoms with Gasteiger partial charge in [0.15, 0.2) is 5.17 Å². The van der Waals surface area contributed by atoms with Gasteiger partial charge in [-0.25, -0.2) is 4.99 Å². The van der Waals surface area contributed by atoms with E-state index in [4.69, 9.17) is 11.6 Å². The van der Waals surface area contributed by atoms with E-state index in [2.05, 4.69) is 43.8 Å². The van der Waals surface area contributed by atoms with Crippen LogP contribution in [0, 0.1) is 27.7 Å². The lowest BCUT2D eigenvalue weighted by molar-refractivity contribution is -0.115. The first-order valence-electron chi connectivity index (χ1n) is 9.74. The number of amidine groups is 1. The summed E-state index contributed by atoms with van der Waals surface area (Å²) >= 11 is 11.0. The lowest BCUT2D eigenvalue weighted by Gasteiger charge is -2.09.